The first-order valence-corrected chi connectivity index (χ1v) is 9.08. The zero-order valence-corrected chi connectivity index (χ0v) is 17.1. The fraction of sp³-hybridized carbons (Fsp3) is 0.100. The molecule has 0 aliphatic heterocycles. The van der Waals surface area contributed by atoms with Crippen molar-refractivity contribution in [3.63, 3.8) is 0 Å². The molecule has 2 aromatic carbocycles. The molecule has 0 saturated carbocycles. The highest BCUT2D eigenvalue weighted by atomic mass is 35.5. The Balaban J connectivity index is 0.000000253. The van der Waals surface area contributed by atoms with E-state index < -0.39 is 5.97 Å². The first-order chi connectivity index (χ1) is 13.8. The fourth-order valence-electron chi connectivity index (χ4n) is 1.99. The molecule has 9 heteroatoms. The first-order valence-electron chi connectivity index (χ1n) is 8.32. The number of rotatable bonds is 5. The summed E-state index contributed by atoms with van der Waals surface area (Å²) in [6.45, 7) is 3.86. The molecule has 29 heavy (non-hydrogen) atoms. The molecule has 0 spiro atoms. The second-order valence-electron chi connectivity index (χ2n) is 5.83. The van der Waals surface area contributed by atoms with Gasteiger partial charge in [-0.05, 0) is 61.4 Å². The number of aromatic carboxylic acids is 1. The number of hydrogen-bond acceptors (Lipinski definition) is 5. The Morgan fingerprint density at radius 1 is 0.966 bits per heavy atom. The van der Waals surface area contributed by atoms with Crippen molar-refractivity contribution in [3.8, 4) is 17.2 Å². The van der Waals surface area contributed by atoms with E-state index >= 15 is 0 Å². The van der Waals surface area contributed by atoms with E-state index in [1.807, 2.05) is 38.1 Å². The molecule has 0 aliphatic rings. The standard InChI is InChI=1S/C14H12BCl2O2.C6H5NO3/c1-9-3-5-11(7-13(9)16)18-15-19-12-6-4-10(2)14(17)8-12;8-4-2-1-3-7-5(4)6(9)10/h3-8H,1-2H3;1-3,8H,(H,9,10). The molecule has 0 atom stereocenters. The van der Waals surface area contributed by atoms with E-state index in [0.717, 1.165) is 11.1 Å². The van der Waals surface area contributed by atoms with Crippen LogP contribution in [0.4, 0.5) is 0 Å². The van der Waals surface area contributed by atoms with Gasteiger partial charge in [0.2, 0.25) is 0 Å². The largest absolute Gasteiger partial charge is 0.658 e. The van der Waals surface area contributed by atoms with E-state index in [0.29, 0.717) is 21.5 Å². The summed E-state index contributed by atoms with van der Waals surface area (Å²) in [5.74, 6) is -0.296. The zero-order chi connectivity index (χ0) is 21.4. The number of halogens is 2. The van der Waals surface area contributed by atoms with Gasteiger partial charge in [0.25, 0.3) is 0 Å². The lowest BCUT2D eigenvalue weighted by Crippen LogP contribution is -2.10. The van der Waals surface area contributed by atoms with Crippen LogP contribution in [-0.2, 0) is 0 Å². The highest BCUT2D eigenvalue weighted by Gasteiger charge is 2.08. The van der Waals surface area contributed by atoms with E-state index in [4.69, 9.17) is 42.7 Å². The van der Waals surface area contributed by atoms with E-state index in [1.54, 1.807) is 12.1 Å². The van der Waals surface area contributed by atoms with Crippen molar-refractivity contribution in [2.75, 3.05) is 0 Å². The van der Waals surface area contributed by atoms with Crippen LogP contribution in [0.3, 0.4) is 0 Å². The summed E-state index contributed by atoms with van der Waals surface area (Å²) < 4.78 is 10.7. The molecule has 0 amide bonds. The fourth-order valence-corrected chi connectivity index (χ4v) is 2.33. The molecule has 3 rings (SSSR count). The molecule has 0 unspecified atom stereocenters. The molecular formula is C20H17BCl2NO5. The van der Waals surface area contributed by atoms with Gasteiger partial charge in [-0.2, -0.15) is 0 Å². The number of carboxylic acid groups (broad SMARTS) is 1. The third kappa shape index (κ3) is 6.89. The van der Waals surface area contributed by atoms with Crippen molar-refractivity contribution in [3.05, 3.63) is 81.6 Å². The summed E-state index contributed by atoms with van der Waals surface area (Å²) in [6.07, 6.45) is 1.31. The molecule has 0 saturated heterocycles. The first kappa shape index (κ1) is 22.4. The monoisotopic (exact) mass is 432 g/mol. The minimum Gasteiger partial charge on any atom is -0.526 e. The van der Waals surface area contributed by atoms with Gasteiger partial charge < -0.3 is 19.5 Å². The van der Waals surface area contributed by atoms with Gasteiger partial charge in [-0.1, -0.05) is 35.3 Å². The Hall–Kier alpha value is -2.90. The zero-order valence-electron chi connectivity index (χ0n) is 15.6. The quantitative estimate of drug-likeness (QED) is 0.546. The minimum absolute atomic E-state index is 0.310. The molecule has 1 radical (unpaired) electrons. The van der Waals surface area contributed by atoms with Gasteiger partial charge in [-0.25, -0.2) is 9.78 Å². The molecule has 0 aliphatic carbocycles. The molecule has 0 fully saturated rings. The number of aromatic hydroxyl groups is 1. The molecule has 149 valence electrons. The maximum Gasteiger partial charge on any atom is 0.658 e. The summed E-state index contributed by atoms with van der Waals surface area (Å²) >= 11 is 12.0. The molecule has 1 heterocycles. The van der Waals surface area contributed by atoms with E-state index in [1.165, 1.54) is 26.0 Å². The Morgan fingerprint density at radius 3 is 1.86 bits per heavy atom. The third-order valence-electron chi connectivity index (χ3n) is 3.64. The lowest BCUT2D eigenvalue weighted by molar-refractivity contribution is 0.0687. The SMILES string of the molecule is Cc1ccc(O[B]Oc2ccc(C)c(Cl)c2)cc1Cl.O=C(O)c1ncccc1O. The third-order valence-corrected chi connectivity index (χ3v) is 4.46. The van der Waals surface area contributed by atoms with Crippen molar-refractivity contribution in [2.45, 2.75) is 13.8 Å². The number of benzene rings is 2. The highest BCUT2D eigenvalue weighted by Crippen LogP contribution is 2.23. The summed E-state index contributed by atoms with van der Waals surface area (Å²) in [5, 5.41) is 18.5. The topological polar surface area (TPSA) is 88.9 Å². The second-order valence-corrected chi connectivity index (χ2v) is 6.64. The van der Waals surface area contributed by atoms with E-state index in [2.05, 4.69) is 4.98 Å². The van der Waals surface area contributed by atoms with Crippen LogP contribution in [-0.4, -0.2) is 28.9 Å². The average Bonchev–Trinajstić information content (AvgIpc) is 2.68. The molecule has 2 N–H and O–H groups in total. The molecule has 0 bridgehead atoms. The lowest BCUT2D eigenvalue weighted by Gasteiger charge is -2.08. The van der Waals surface area contributed by atoms with Crippen LogP contribution in [0.2, 0.25) is 10.0 Å². The minimum atomic E-state index is -1.22. The van der Waals surface area contributed by atoms with Crippen LogP contribution < -0.4 is 9.31 Å². The number of hydrogen-bond donors (Lipinski definition) is 2. The number of aryl methyl sites for hydroxylation is 2. The van der Waals surface area contributed by atoms with Crippen LogP contribution >= 0.6 is 23.2 Å². The lowest BCUT2D eigenvalue weighted by atomic mass is 10.2. The summed E-state index contributed by atoms with van der Waals surface area (Å²) in [4.78, 5) is 13.6. The van der Waals surface area contributed by atoms with Crippen molar-refractivity contribution >= 4 is 36.9 Å². The molecule has 6 nitrogen and oxygen atoms in total. The second kappa shape index (κ2) is 10.6. The van der Waals surface area contributed by atoms with Crippen molar-refractivity contribution < 1.29 is 24.3 Å². The van der Waals surface area contributed by atoms with Gasteiger partial charge in [-0.3, -0.25) is 0 Å². The van der Waals surface area contributed by atoms with Gasteiger partial charge in [-0.15, -0.1) is 0 Å². The Kier molecular flexibility index (Phi) is 8.18. The predicted molar refractivity (Wildman–Crippen MR) is 112 cm³/mol. The van der Waals surface area contributed by atoms with Crippen molar-refractivity contribution in [1.29, 1.82) is 0 Å². The smallest absolute Gasteiger partial charge is 0.526 e. The normalized spacial score (nSPS) is 9.79. The maximum atomic E-state index is 10.2. The number of carbonyl (C=O) groups is 1. The maximum absolute atomic E-state index is 10.2. The Bertz CT molecular complexity index is 949. The Morgan fingerprint density at radius 2 is 1.48 bits per heavy atom. The number of nitrogens with zero attached hydrogens (tertiary/aromatic N) is 1. The van der Waals surface area contributed by atoms with Gasteiger partial charge in [0, 0.05) is 16.2 Å². The molecule has 3 aromatic rings. The molecular weight excluding hydrogens is 416 g/mol. The van der Waals surface area contributed by atoms with Crippen LogP contribution in [0.1, 0.15) is 21.6 Å². The van der Waals surface area contributed by atoms with Crippen LogP contribution in [0.25, 0.3) is 0 Å². The van der Waals surface area contributed by atoms with Gasteiger partial charge in [0.1, 0.15) is 17.2 Å². The molecule has 1 aromatic heterocycles. The van der Waals surface area contributed by atoms with Gasteiger partial charge in [0.05, 0.1) is 0 Å². The summed E-state index contributed by atoms with van der Waals surface area (Å²) in [6, 6.07) is 13.6. The van der Waals surface area contributed by atoms with Gasteiger partial charge >= 0.3 is 13.7 Å². The van der Waals surface area contributed by atoms with Crippen LogP contribution in [0.15, 0.2) is 54.7 Å². The van der Waals surface area contributed by atoms with Crippen molar-refractivity contribution in [2.24, 2.45) is 0 Å². The number of aromatic nitrogens is 1. The summed E-state index contributed by atoms with van der Waals surface area (Å²) in [7, 11) is 1.25. The van der Waals surface area contributed by atoms with E-state index in [-0.39, 0.29) is 11.4 Å². The number of pyridine rings is 1. The van der Waals surface area contributed by atoms with Crippen molar-refractivity contribution in [1.82, 2.24) is 4.98 Å². The Labute approximate surface area is 179 Å². The van der Waals surface area contributed by atoms with Crippen LogP contribution in [0.5, 0.6) is 17.2 Å². The summed E-state index contributed by atoms with van der Waals surface area (Å²) in [5.41, 5.74) is 1.68. The highest BCUT2D eigenvalue weighted by molar-refractivity contribution is 6.32. The number of carboxylic acids is 1. The van der Waals surface area contributed by atoms with Gasteiger partial charge in [0.15, 0.2) is 5.69 Å². The van der Waals surface area contributed by atoms with E-state index in [9.17, 15) is 4.79 Å². The predicted octanol–water partition coefficient (Wildman–Crippen LogP) is 5.09. The van der Waals surface area contributed by atoms with Crippen LogP contribution in [0, 0.1) is 13.8 Å². The average molecular weight is 433 g/mol.